The molecule has 0 spiro atoms. The third-order valence-electron chi connectivity index (χ3n) is 2.09. The fourth-order valence-corrected chi connectivity index (χ4v) is 1.36. The molecule has 0 radical (unpaired) electrons. The Balaban J connectivity index is 2.38. The van der Waals surface area contributed by atoms with Crippen molar-refractivity contribution in [3.8, 4) is 6.07 Å². The number of benzene rings is 1. The molecule has 2 rings (SSSR count). The number of hydrogen-bond donors (Lipinski definition) is 1. The standard InChI is InChI=1S/C10H9N3O/c11-5-1-2-7-3-4-8-9(6-7)14-13-10(8)12/h3-4,6H,1-2H2,(H2,12,13). The van der Waals surface area contributed by atoms with Crippen molar-refractivity contribution in [2.24, 2.45) is 0 Å². The van der Waals surface area contributed by atoms with Gasteiger partial charge in [-0.15, -0.1) is 0 Å². The monoisotopic (exact) mass is 187 g/mol. The summed E-state index contributed by atoms with van der Waals surface area (Å²) in [5, 5.41) is 12.9. The van der Waals surface area contributed by atoms with Crippen LogP contribution in [0.4, 0.5) is 5.82 Å². The second-order valence-electron chi connectivity index (χ2n) is 3.06. The lowest BCUT2D eigenvalue weighted by Gasteiger charge is -1.95. The largest absolute Gasteiger partial charge is 0.380 e. The fourth-order valence-electron chi connectivity index (χ4n) is 1.36. The summed E-state index contributed by atoms with van der Waals surface area (Å²) in [7, 11) is 0. The molecule has 4 heteroatoms. The molecule has 0 bridgehead atoms. The molecular formula is C10H9N3O. The first kappa shape index (κ1) is 8.57. The molecule has 0 saturated carbocycles. The normalized spacial score (nSPS) is 10.2. The van der Waals surface area contributed by atoms with E-state index in [0.29, 0.717) is 17.8 Å². The number of fused-ring (bicyclic) bond motifs is 1. The third-order valence-corrected chi connectivity index (χ3v) is 2.09. The van der Waals surface area contributed by atoms with E-state index < -0.39 is 0 Å². The number of nitrogen functional groups attached to an aromatic ring is 1. The molecule has 0 unspecified atom stereocenters. The number of rotatable bonds is 2. The first-order valence-electron chi connectivity index (χ1n) is 4.32. The number of nitrogens with two attached hydrogens (primary N) is 1. The first-order valence-corrected chi connectivity index (χ1v) is 4.32. The second kappa shape index (κ2) is 3.38. The fraction of sp³-hybridized carbons (Fsp3) is 0.200. The SMILES string of the molecule is N#CCCc1ccc2c(N)noc2c1. The van der Waals surface area contributed by atoms with Crippen LogP contribution < -0.4 is 5.73 Å². The van der Waals surface area contributed by atoms with Crippen LogP contribution in [0.5, 0.6) is 0 Å². The summed E-state index contributed by atoms with van der Waals surface area (Å²) >= 11 is 0. The molecule has 14 heavy (non-hydrogen) atoms. The topological polar surface area (TPSA) is 75.8 Å². The molecule has 0 amide bonds. The highest BCUT2D eigenvalue weighted by atomic mass is 16.5. The van der Waals surface area contributed by atoms with Gasteiger partial charge in [-0.3, -0.25) is 0 Å². The van der Waals surface area contributed by atoms with E-state index in [-0.39, 0.29) is 0 Å². The van der Waals surface area contributed by atoms with Crippen LogP contribution in [0.3, 0.4) is 0 Å². The summed E-state index contributed by atoms with van der Waals surface area (Å²) in [6.07, 6.45) is 1.24. The van der Waals surface area contributed by atoms with Crippen molar-refractivity contribution in [3.05, 3.63) is 23.8 Å². The lowest BCUT2D eigenvalue weighted by atomic mass is 10.1. The molecule has 70 valence electrons. The molecule has 0 fully saturated rings. The van der Waals surface area contributed by atoms with E-state index in [1.54, 1.807) is 0 Å². The van der Waals surface area contributed by atoms with Crippen LogP contribution in [-0.2, 0) is 6.42 Å². The van der Waals surface area contributed by atoms with Crippen molar-refractivity contribution in [3.63, 3.8) is 0 Å². The molecule has 0 saturated heterocycles. The summed E-state index contributed by atoms with van der Waals surface area (Å²) in [5.74, 6) is 0.409. The highest BCUT2D eigenvalue weighted by Gasteiger charge is 2.04. The average Bonchev–Trinajstić information content (AvgIpc) is 2.57. The van der Waals surface area contributed by atoms with Crippen LogP contribution >= 0.6 is 0 Å². The lowest BCUT2D eigenvalue weighted by molar-refractivity contribution is 0.460. The van der Waals surface area contributed by atoms with Crippen LogP contribution in [-0.4, -0.2) is 5.16 Å². The Kier molecular flexibility index (Phi) is 2.07. The van der Waals surface area contributed by atoms with Gasteiger partial charge in [0.15, 0.2) is 11.4 Å². The summed E-state index contributed by atoms with van der Waals surface area (Å²) in [6, 6.07) is 7.78. The van der Waals surface area contributed by atoms with Crippen molar-refractivity contribution < 1.29 is 4.52 Å². The Bertz CT molecular complexity index is 496. The van der Waals surface area contributed by atoms with Crippen LogP contribution in [0.1, 0.15) is 12.0 Å². The maximum absolute atomic E-state index is 8.44. The quantitative estimate of drug-likeness (QED) is 0.778. The van der Waals surface area contributed by atoms with E-state index >= 15 is 0 Å². The lowest BCUT2D eigenvalue weighted by Crippen LogP contribution is -1.85. The molecule has 2 aromatic rings. The van der Waals surface area contributed by atoms with Crippen LogP contribution in [0.15, 0.2) is 22.7 Å². The maximum atomic E-state index is 8.44. The van der Waals surface area contributed by atoms with Crippen molar-refractivity contribution in [2.45, 2.75) is 12.8 Å². The van der Waals surface area contributed by atoms with E-state index in [2.05, 4.69) is 11.2 Å². The smallest absolute Gasteiger partial charge is 0.174 e. The first-order chi connectivity index (χ1) is 6.81. The predicted molar refractivity (Wildman–Crippen MR) is 52.4 cm³/mol. The minimum atomic E-state index is 0.409. The third kappa shape index (κ3) is 1.40. The van der Waals surface area contributed by atoms with E-state index in [0.717, 1.165) is 17.4 Å². The van der Waals surface area contributed by atoms with Gasteiger partial charge in [0.25, 0.3) is 0 Å². The number of hydrogen-bond acceptors (Lipinski definition) is 4. The number of nitriles is 1. The van der Waals surface area contributed by atoms with Gasteiger partial charge in [-0.25, -0.2) is 0 Å². The van der Waals surface area contributed by atoms with E-state index in [1.165, 1.54) is 0 Å². The van der Waals surface area contributed by atoms with Gasteiger partial charge >= 0.3 is 0 Å². The molecule has 0 aliphatic carbocycles. The van der Waals surface area contributed by atoms with Crippen LogP contribution in [0.25, 0.3) is 11.0 Å². The molecule has 1 aromatic heterocycles. The molecular weight excluding hydrogens is 178 g/mol. The highest BCUT2D eigenvalue weighted by Crippen LogP contribution is 2.21. The minimum Gasteiger partial charge on any atom is -0.380 e. The Labute approximate surface area is 80.9 Å². The Morgan fingerprint density at radius 3 is 3.14 bits per heavy atom. The predicted octanol–water partition coefficient (Wildman–Crippen LogP) is 1.87. The van der Waals surface area contributed by atoms with Crippen molar-refractivity contribution in [2.75, 3.05) is 5.73 Å². The summed E-state index contributed by atoms with van der Waals surface area (Å²) in [6.45, 7) is 0. The molecule has 1 heterocycles. The molecule has 4 nitrogen and oxygen atoms in total. The van der Waals surface area contributed by atoms with Crippen molar-refractivity contribution in [1.29, 1.82) is 5.26 Å². The van der Waals surface area contributed by atoms with Gasteiger partial charge in [-0.2, -0.15) is 5.26 Å². The van der Waals surface area contributed by atoms with Gasteiger partial charge in [0.05, 0.1) is 11.5 Å². The Morgan fingerprint density at radius 1 is 1.50 bits per heavy atom. The van der Waals surface area contributed by atoms with E-state index in [1.807, 2.05) is 18.2 Å². The van der Waals surface area contributed by atoms with Crippen LogP contribution in [0.2, 0.25) is 0 Å². The Hall–Kier alpha value is -2.02. The molecule has 0 aliphatic heterocycles. The second-order valence-corrected chi connectivity index (χ2v) is 3.06. The van der Waals surface area contributed by atoms with E-state index in [4.69, 9.17) is 15.5 Å². The number of aryl methyl sites for hydroxylation is 1. The number of anilines is 1. The number of aromatic nitrogens is 1. The average molecular weight is 187 g/mol. The maximum Gasteiger partial charge on any atom is 0.174 e. The van der Waals surface area contributed by atoms with Gasteiger partial charge in [-0.1, -0.05) is 11.2 Å². The van der Waals surface area contributed by atoms with Crippen LogP contribution in [0, 0.1) is 11.3 Å². The van der Waals surface area contributed by atoms with Gasteiger partial charge in [0.2, 0.25) is 0 Å². The zero-order chi connectivity index (χ0) is 9.97. The number of nitrogens with zero attached hydrogens (tertiary/aromatic N) is 2. The van der Waals surface area contributed by atoms with Crippen molar-refractivity contribution in [1.82, 2.24) is 5.16 Å². The van der Waals surface area contributed by atoms with Gasteiger partial charge in [-0.05, 0) is 24.1 Å². The molecule has 0 atom stereocenters. The zero-order valence-corrected chi connectivity index (χ0v) is 7.53. The summed E-state index contributed by atoms with van der Waals surface area (Å²) in [5.41, 5.74) is 7.31. The van der Waals surface area contributed by atoms with Gasteiger partial charge in [0, 0.05) is 6.42 Å². The summed E-state index contributed by atoms with van der Waals surface area (Å²) in [4.78, 5) is 0. The molecule has 2 N–H and O–H groups in total. The van der Waals surface area contributed by atoms with Crippen molar-refractivity contribution >= 4 is 16.8 Å². The zero-order valence-electron chi connectivity index (χ0n) is 7.53. The molecule has 1 aromatic carbocycles. The van der Waals surface area contributed by atoms with Gasteiger partial charge in [0.1, 0.15) is 0 Å². The van der Waals surface area contributed by atoms with E-state index in [9.17, 15) is 0 Å². The minimum absolute atomic E-state index is 0.409. The summed E-state index contributed by atoms with van der Waals surface area (Å²) < 4.78 is 5.01. The van der Waals surface area contributed by atoms with Gasteiger partial charge < -0.3 is 10.3 Å². The Morgan fingerprint density at radius 2 is 2.36 bits per heavy atom. The highest BCUT2D eigenvalue weighted by molar-refractivity contribution is 5.87. The molecule has 0 aliphatic rings.